The number of hydrogen-bond donors (Lipinski definition) is 1. The van der Waals surface area contributed by atoms with Gasteiger partial charge in [0.1, 0.15) is 27.8 Å². The van der Waals surface area contributed by atoms with Gasteiger partial charge in [0.05, 0.1) is 24.5 Å². The molecular formula is C24H24ClF2N7O3. The van der Waals surface area contributed by atoms with Crippen LogP contribution in [0.4, 0.5) is 20.5 Å². The lowest BCUT2D eigenvalue weighted by molar-refractivity contribution is -0.116. The van der Waals surface area contributed by atoms with Crippen molar-refractivity contribution >= 4 is 40.3 Å². The van der Waals surface area contributed by atoms with Crippen LogP contribution in [0.25, 0.3) is 11.2 Å². The Morgan fingerprint density at radius 3 is 2.86 bits per heavy atom. The number of nitrogens with one attached hydrogen (secondary N) is 1. The molecule has 0 saturated carbocycles. The summed E-state index contributed by atoms with van der Waals surface area (Å²) in [7, 11) is 1.71. The van der Waals surface area contributed by atoms with Crippen molar-refractivity contribution in [2.75, 3.05) is 18.5 Å². The Hall–Kier alpha value is -3.64. The van der Waals surface area contributed by atoms with Crippen LogP contribution >= 0.6 is 11.6 Å². The van der Waals surface area contributed by atoms with Gasteiger partial charge >= 0.3 is 0 Å². The van der Waals surface area contributed by atoms with Crippen LogP contribution in [0.2, 0.25) is 5.02 Å². The lowest BCUT2D eigenvalue weighted by Crippen LogP contribution is -2.20. The molecule has 1 N–H and O–H groups in total. The highest BCUT2D eigenvalue weighted by molar-refractivity contribution is 6.36. The molecular weight excluding hydrogens is 508 g/mol. The lowest BCUT2D eigenvalue weighted by Gasteiger charge is -2.16. The number of imidazole rings is 1. The number of Topliss-reactive ketones (excluding diaryl/α,β-unsaturated/α-hetero) is 1. The van der Waals surface area contributed by atoms with Gasteiger partial charge in [-0.2, -0.15) is 18.9 Å². The Bertz CT molecular complexity index is 1480. The van der Waals surface area contributed by atoms with E-state index in [1.165, 1.54) is 23.9 Å². The van der Waals surface area contributed by atoms with Crippen molar-refractivity contribution in [1.82, 2.24) is 29.3 Å². The van der Waals surface area contributed by atoms with Crippen LogP contribution in [0, 0.1) is 0 Å². The van der Waals surface area contributed by atoms with Crippen molar-refractivity contribution in [2.24, 2.45) is 7.05 Å². The van der Waals surface area contributed by atoms with Crippen LogP contribution in [-0.4, -0.2) is 48.3 Å². The molecule has 1 saturated heterocycles. The fourth-order valence-corrected chi connectivity index (χ4v) is 4.48. The van der Waals surface area contributed by atoms with Crippen LogP contribution in [0.1, 0.15) is 37.7 Å². The average molecular weight is 532 g/mol. The highest BCUT2D eigenvalue weighted by atomic mass is 35.5. The zero-order valence-electron chi connectivity index (χ0n) is 20.3. The maximum Gasteiger partial charge on any atom is 0.286 e. The number of anilines is 2. The van der Waals surface area contributed by atoms with Crippen molar-refractivity contribution in [3.05, 3.63) is 47.0 Å². The molecule has 0 aliphatic carbocycles. The van der Waals surface area contributed by atoms with Crippen LogP contribution in [-0.2, 0) is 28.9 Å². The Labute approximate surface area is 215 Å². The summed E-state index contributed by atoms with van der Waals surface area (Å²) in [6, 6.07) is 4.35. The van der Waals surface area contributed by atoms with Gasteiger partial charge in [-0.15, -0.1) is 0 Å². The monoisotopic (exact) mass is 531 g/mol. The molecule has 0 bridgehead atoms. The molecule has 0 amide bonds. The number of ketones is 1. The molecule has 4 aromatic rings. The van der Waals surface area contributed by atoms with Gasteiger partial charge in [-0.05, 0) is 19.4 Å². The van der Waals surface area contributed by atoms with E-state index in [2.05, 4.69) is 25.4 Å². The van der Waals surface area contributed by atoms with Gasteiger partial charge in [-0.1, -0.05) is 11.6 Å². The molecule has 0 unspecified atom stereocenters. The molecule has 1 aliphatic heterocycles. The van der Waals surface area contributed by atoms with E-state index in [9.17, 15) is 13.6 Å². The van der Waals surface area contributed by atoms with Crippen molar-refractivity contribution in [1.29, 1.82) is 0 Å². The van der Waals surface area contributed by atoms with Gasteiger partial charge in [0, 0.05) is 45.3 Å². The lowest BCUT2D eigenvalue weighted by atomic mass is 10.2. The van der Waals surface area contributed by atoms with Crippen molar-refractivity contribution < 1.29 is 23.0 Å². The molecule has 0 radical (unpaired) electrons. The number of aromatic nitrogens is 6. The summed E-state index contributed by atoms with van der Waals surface area (Å²) in [6.07, 6.45) is 3.78. The van der Waals surface area contributed by atoms with E-state index in [0.29, 0.717) is 48.2 Å². The van der Waals surface area contributed by atoms with Crippen LogP contribution in [0.15, 0.2) is 30.6 Å². The second-order valence-electron chi connectivity index (χ2n) is 8.96. The molecule has 0 spiro atoms. The van der Waals surface area contributed by atoms with Crippen LogP contribution in [0.3, 0.4) is 0 Å². The minimum Gasteiger partial charge on any atom is -0.454 e. The molecule has 0 aromatic carbocycles. The quantitative estimate of drug-likeness (QED) is 0.340. The van der Waals surface area contributed by atoms with E-state index < -0.39 is 5.92 Å². The third-order valence-corrected chi connectivity index (χ3v) is 6.29. The Morgan fingerprint density at radius 1 is 1.35 bits per heavy atom. The maximum absolute atomic E-state index is 14.3. The summed E-state index contributed by atoms with van der Waals surface area (Å²) in [4.78, 5) is 24.4. The summed E-state index contributed by atoms with van der Waals surface area (Å²) in [5.41, 5.74) is 1.17. The first-order valence-corrected chi connectivity index (χ1v) is 11.9. The highest BCUT2D eigenvalue weighted by Gasteiger charge is 2.34. The third kappa shape index (κ3) is 5.12. The smallest absolute Gasteiger partial charge is 0.286 e. The first-order valence-electron chi connectivity index (χ1n) is 11.6. The number of aryl methyl sites for hydroxylation is 1. The molecule has 4 aromatic heterocycles. The number of halogens is 3. The fourth-order valence-electron chi connectivity index (χ4n) is 4.19. The van der Waals surface area contributed by atoms with Crippen LogP contribution < -0.4 is 10.1 Å². The Kier molecular flexibility index (Phi) is 6.54. The normalized spacial score (nSPS) is 15.9. The predicted molar refractivity (Wildman–Crippen MR) is 132 cm³/mol. The standard InChI is InChI=1S/C24H24ClF2N7O3/c1-13(35)8-14-9-16(4-6-28-14)37-17-11-29-22-21(20(17)25)33(3)23(31-22)30-19-10-18(24(2,26)27)34(32-19)15-5-7-36-12-15/h4,6,9-11,15H,5,7-8,12H2,1-3H3,(H,29,30,31,32)/t15-/m0/s1. The van der Waals surface area contributed by atoms with Crippen LogP contribution in [0.5, 0.6) is 11.5 Å². The molecule has 1 aliphatic rings. The summed E-state index contributed by atoms with van der Waals surface area (Å²) in [6.45, 7) is 3.15. The minimum absolute atomic E-state index is 0.0168. The number of rotatable bonds is 8. The van der Waals surface area contributed by atoms with Crippen molar-refractivity contribution in [3.63, 3.8) is 0 Å². The molecule has 37 heavy (non-hydrogen) atoms. The number of ether oxygens (including phenoxy) is 2. The number of hydrogen-bond acceptors (Lipinski definition) is 8. The summed E-state index contributed by atoms with van der Waals surface area (Å²) in [5.74, 6) is -1.85. The van der Waals surface area contributed by atoms with Gasteiger partial charge in [-0.25, -0.2) is 4.98 Å². The number of pyridine rings is 2. The first-order chi connectivity index (χ1) is 17.6. The van der Waals surface area contributed by atoms with E-state index in [1.54, 1.807) is 29.9 Å². The van der Waals surface area contributed by atoms with E-state index in [0.717, 1.165) is 6.92 Å². The van der Waals surface area contributed by atoms with Gasteiger partial charge in [0.25, 0.3) is 5.92 Å². The molecule has 5 heterocycles. The van der Waals surface area contributed by atoms with Crippen molar-refractivity contribution in [2.45, 2.75) is 38.7 Å². The van der Waals surface area contributed by atoms with Gasteiger partial charge in [0.2, 0.25) is 5.95 Å². The number of alkyl halides is 2. The molecule has 13 heteroatoms. The molecule has 194 valence electrons. The molecule has 1 fully saturated rings. The van der Waals surface area contributed by atoms with E-state index in [1.807, 2.05) is 0 Å². The van der Waals surface area contributed by atoms with Gasteiger partial charge in [0.15, 0.2) is 17.2 Å². The van der Waals surface area contributed by atoms with E-state index in [4.69, 9.17) is 21.1 Å². The maximum atomic E-state index is 14.3. The molecule has 10 nitrogen and oxygen atoms in total. The van der Waals surface area contributed by atoms with E-state index in [-0.39, 0.29) is 40.5 Å². The second-order valence-corrected chi connectivity index (χ2v) is 9.33. The number of fused-ring (bicyclic) bond motifs is 1. The number of carbonyl (C=O) groups excluding carboxylic acids is 1. The first kappa shape index (κ1) is 25.0. The number of carbonyl (C=O) groups is 1. The average Bonchev–Trinajstić information content (AvgIpc) is 3.55. The second kappa shape index (κ2) is 9.67. The Morgan fingerprint density at radius 2 is 2.16 bits per heavy atom. The topological polar surface area (TPSA) is 109 Å². The summed E-state index contributed by atoms with van der Waals surface area (Å²) >= 11 is 6.66. The van der Waals surface area contributed by atoms with E-state index >= 15 is 0 Å². The third-order valence-electron chi connectivity index (χ3n) is 5.93. The predicted octanol–water partition coefficient (Wildman–Crippen LogP) is 4.95. The van der Waals surface area contributed by atoms with Gasteiger partial charge in [-0.3, -0.25) is 14.5 Å². The minimum atomic E-state index is -3.09. The van der Waals surface area contributed by atoms with Gasteiger partial charge < -0.3 is 19.4 Å². The summed E-state index contributed by atoms with van der Waals surface area (Å²) < 4.78 is 42.9. The highest BCUT2D eigenvalue weighted by Crippen LogP contribution is 2.37. The zero-order valence-corrected chi connectivity index (χ0v) is 21.1. The number of nitrogens with zero attached hydrogens (tertiary/aromatic N) is 6. The van der Waals surface area contributed by atoms with Crippen molar-refractivity contribution in [3.8, 4) is 11.5 Å². The summed E-state index contributed by atoms with van der Waals surface area (Å²) in [5, 5.41) is 7.64. The largest absolute Gasteiger partial charge is 0.454 e. The Balaban J connectivity index is 1.44. The SMILES string of the molecule is CC(=O)Cc1cc(Oc2cnc3nc(Nc4cc(C(C)(F)F)n([C@H]5CCOC5)n4)n(C)c3c2Cl)ccn1. The fraction of sp³-hybridized carbons (Fsp3) is 0.375. The zero-order chi connectivity index (χ0) is 26.3. The molecule has 5 rings (SSSR count). The molecule has 1 atom stereocenters.